The fourth-order valence-corrected chi connectivity index (χ4v) is 2.85. The molecule has 0 saturated carbocycles. The molecule has 0 amide bonds. The summed E-state index contributed by atoms with van der Waals surface area (Å²) in [5.74, 6) is 0. The van der Waals surface area contributed by atoms with Crippen molar-refractivity contribution >= 4 is 0 Å². The maximum Gasteiger partial charge on any atom is 0.0599 e. The van der Waals surface area contributed by atoms with Crippen LogP contribution in [0, 0.1) is 0 Å². The predicted molar refractivity (Wildman–Crippen MR) is 78.1 cm³/mol. The number of piperidine rings is 1. The van der Waals surface area contributed by atoms with E-state index in [0.29, 0.717) is 18.2 Å². The highest BCUT2D eigenvalue weighted by atomic mass is 16.5. The topological polar surface area (TPSA) is 24.5 Å². The smallest absolute Gasteiger partial charge is 0.0599 e. The third-order valence-corrected chi connectivity index (χ3v) is 3.94. The second-order valence-corrected chi connectivity index (χ2v) is 5.63. The molecule has 0 aromatic carbocycles. The summed E-state index contributed by atoms with van der Waals surface area (Å²) in [5, 5.41) is 3.58. The average molecular weight is 256 g/mol. The Hall–Kier alpha value is -0.120. The van der Waals surface area contributed by atoms with Crippen LogP contribution in [0.2, 0.25) is 0 Å². The van der Waals surface area contributed by atoms with Gasteiger partial charge < -0.3 is 15.0 Å². The largest absolute Gasteiger partial charge is 0.378 e. The maximum absolute atomic E-state index is 5.71. The lowest BCUT2D eigenvalue weighted by atomic mass is 10.0. The normalized spacial score (nSPS) is 22.0. The van der Waals surface area contributed by atoms with Crippen molar-refractivity contribution in [1.29, 1.82) is 0 Å². The molecule has 1 aliphatic heterocycles. The summed E-state index contributed by atoms with van der Waals surface area (Å²) < 4.78 is 5.71. The minimum Gasteiger partial charge on any atom is -0.378 e. The Bertz CT molecular complexity index is 203. The van der Waals surface area contributed by atoms with Crippen LogP contribution in [0.5, 0.6) is 0 Å². The molecular formula is C15H32N2O. The quantitative estimate of drug-likeness (QED) is 0.722. The van der Waals surface area contributed by atoms with Crippen LogP contribution in [-0.4, -0.2) is 49.3 Å². The van der Waals surface area contributed by atoms with Crippen molar-refractivity contribution in [2.75, 3.05) is 26.2 Å². The summed E-state index contributed by atoms with van der Waals surface area (Å²) in [6, 6.07) is 1.32. The number of nitrogens with one attached hydrogen (secondary N) is 1. The van der Waals surface area contributed by atoms with Crippen LogP contribution in [0.4, 0.5) is 0 Å². The number of hydrogen-bond donors (Lipinski definition) is 1. The SMILES string of the molecule is CCCNC(C)CC(C)N1CCC(OCC)CC1. The molecule has 3 heteroatoms. The summed E-state index contributed by atoms with van der Waals surface area (Å²) in [5.41, 5.74) is 0. The van der Waals surface area contributed by atoms with E-state index < -0.39 is 0 Å². The van der Waals surface area contributed by atoms with Crippen LogP contribution in [0.15, 0.2) is 0 Å². The first kappa shape index (κ1) is 15.9. The summed E-state index contributed by atoms with van der Waals surface area (Å²) in [6.07, 6.45) is 5.39. The van der Waals surface area contributed by atoms with Gasteiger partial charge in [-0.3, -0.25) is 0 Å². The minimum absolute atomic E-state index is 0.508. The Balaban J connectivity index is 2.20. The zero-order chi connectivity index (χ0) is 13.4. The van der Waals surface area contributed by atoms with E-state index in [2.05, 4.69) is 37.9 Å². The lowest BCUT2D eigenvalue weighted by Crippen LogP contribution is -2.44. The average Bonchev–Trinajstić information content (AvgIpc) is 2.37. The van der Waals surface area contributed by atoms with E-state index in [1.54, 1.807) is 0 Å². The second kappa shape index (κ2) is 8.89. The molecule has 2 unspecified atom stereocenters. The predicted octanol–water partition coefficient (Wildman–Crippen LogP) is 2.65. The molecule has 108 valence electrons. The summed E-state index contributed by atoms with van der Waals surface area (Å²) in [7, 11) is 0. The molecule has 0 bridgehead atoms. The van der Waals surface area contributed by atoms with Crippen molar-refractivity contribution < 1.29 is 4.74 Å². The van der Waals surface area contributed by atoms with Crippen LogP contribution in [0.1, 0.15) is 53.4 Å². The first-order chi connectivity index (χ1) is 8.67. The molecule has 0 aromatic rings. The number of likely N-dealkylation sites (tertiary alicyclic amines) is 1. The molecule has 0 spiro atoms. The van der Waals surface area contributed by atoms with E-state index in [-0.39, 0.29) is 0 Å². The molecule has 1 heterocycles. The molecule has 0 aromatic heterocycles. The van der Waals surface area contributed by atoms with Crippen molar-refractivity contribution in [1.82, 2.24) is 10.2 Å². The first-order valence-corrected chi connectivity index (χ1v) is 7.76. The van der Waals surface area contributed by atoms with E-state index in [9.17, 15) is 0 Å². The van der Waals surface area contributed by atoms with Gasteiger partial charge >= 0.3 is 0 Å². The molecule has 3 nitrogen and oxygen atoms in total. The monoisotopic (exact) mass is 256 g/mol. The van der Waals surface area contributed by atoms with Crippen molar-refractivity contribution in [2.45, 2.75) is 71.6 Å². The van der Waals surface area contributed by atoms with Crippen molar-refractivity contribution in [3.8, 4) is 0 Å². The lowest BCUT2D eigenvalue weighted by Gasteiger charge is -2.36. The number of ether oxygens (including phenoxy) is 1. The Labute approximate surface area is 113 Å². The molecule has 18 heavy (non-hydrogen) atoms. The van der Waals surface area contributed by atoms with Crippen LogP contribution in [-0.2, 0) is 4.74 Å². The lowest BCUT2D eigenvalue weighted by molar-refractivity contribution is 0.00422. The van der Waals surface area contributed by atoms with E-state index in [1.807, 2.05) is 0 Å². The molecule has 1 N–H and O–H groups in total. The number of rotatable bonds is 8. The van der Waals surface area contributed by atoms with Crippen LogP contribution in [0.25, 0.3) is 0 Å². The van der Waals surface area contributed by atoms with E-state index in [4.69, 9.17) is 4.74 Å². The number of nitrogens with zero attached hydrogens (tertiary/aromatic N) is 1. The van der Waals surface area contributed by atoms with Gasteiger partial charge in [0.05, 0.1) is 6.10 Å². The Morgan fingerprint density at radius 1 is 1.22 bits per heavy atom. The van der Waals surface area contributed by atoms with E-state index in [0.717, 1.165) is 13.2 Å². The maximum atomic E-state index is 5.71. The summed E-state index contributed by atoms with van der Waals surface area (Å²) in [4.78, 5) is 2.62. The Kier molecular flexibility index (Phi) is 7.87. The Morgan fingerprint density at radius 2 is 1.89 bits per heavy atom. The van der Waals surface area contributed by atoms with Gasteiger partial charge in [-0.05, 0) is 53.0 Å². The van der Waals surface area contributed by atoms with Crippen molar-refractivity contribution in [3.05, 3.63) is 0 Å². The highest BCUT2D eigenvalue weighted by Gasteiger charge is 2.23. The highest BCUT2D eigenvalue weighted by molar-refractivity contribution is 4.79. The van der Waals surface area contributed by atoms with Gasteiger partial charge in [0.15, 0.2) is 0 Å². The molecule has 2 atom stereocenters. The summed E-state index contributed by atoms with van der Waals surface area (Å²) >= 11 is 0. The van der Waals surface area contributed by atoms with Crippen LogP contribution in [0.3, 0.4) is 0 Å². The van der Waals surface area contributed by atoms with Crippen molar-refractivity contribution in [3.63, 3.8) is 0 Å². The second-order valence-electron chi connectivity index (χ2n) is 5.63. The van der Waals surface area contributed by atoms with Gasteiger partial charge in [0.1, 0.15) is 0 Å². The third-order valence-electron chi connectivity index (χ3n) is 3.94. The third kappa shape index (κ3) is 5.68. The van der Waals surface area contributed by atoms with Gasteiger partial charge in [0.2, 0.25) is 0 Å². The zero-order valence-corrected chi connectivity index (χ0v) is 12.7. The molecule has 1 aliphatic rings. The molecule has 0 radical (unpaired) electrons. The van der Waals surface area contributed by atoms with Gasteiger partial charge in [-0.2, -0.15) is 0 Å². The zero-order valence-electron chi connectivity index (χ0n) is 12.7. The van der Waals surface area contributed by atoms with Crippen LogP contribution >= 0.6 is 0 Å². The van der Waals surface area contributed by atoms with Crippen LogP contribution < -0.4 is 5.32 Å². The fraction of sp³-hybridized carbons (Fsp3) is 1.00. The van der Waals surface area contributed by atoms with Gasteiger partial charge in [-0.25, -0.2) is 0 Å². The van der Waals surface area contributed by atoms with E-state index in [1.165, 1.54) is 38.8 Å². The summed E-state index contributed by atoms with van der Waals surface area (Å²) in [6.45, 7) is 13.4. The molecular weight excluding hydrogens is 224 g/mol. The van der Waals surface area contributed by atoms with E-state index >= 15 is 0 Å². The highest BCUT2D eigenvalue weighted by Crippen LogP contribution is 2.17. The first-order valence-electron chi connectivity index (χ1n) is 7.76. The van der Waals surface area contributed by atoms with Crippen molar-refractivity contribution in [2.24, 2.45) is 0 Å². The number of hydrogen-bond acceptors (Lipinski definition) is 3. The van der Waals surface area contributed by atoms with Gasteiger partial charge in [-0.15, -0.1) is 0 Å². The Morgan fingerprint density at radius 3 is 2.44 bits per heavy atom. The minimum atomic E-state index is 0.508. The fourth-order valence-electron chi connectivity index (χ4n) is 2.85. The molecule has 1 rings (SSSR count). The van der Waals surface area contributed by atoms with Gasteiger partial charge in [0.25, 0.3) is 0 Å². The van der Waals surface area contributed by atoms with Gasteiger partial charge in [-0.1, -0.05) is 6.92 Å². The molecule has 1 fully saturated rings. The molecule has 0 aliphatic carbocycles. The molecule has 1 saturated heterocycles. The standard InChI is InChI=1S/C15H32N2O/c1-5-9-16-13(3)12-14(4)17-10-7-15(8-11-17)18-6-2/h13-16H,5-12H2,1-4H3. The van der Waals surface area contributed by atoms with Gasteiger partial charge in [0, 0.05) is 31.8 Å².